The maximum Gasteiger partial charge on any atom is 0.314 e. The Morgan fingerprint density at radius 1 is 1.06 bits per heavy atom. The molecule has 0 aliphatic heterocycles. The lowest BCUT2D eigenvalue weighted by atomic mass is 9.93. The van der Waals surface area contributed by atoms with Gasteiger partial charge in [-0.2, -0.15) is 0 Å². The summed E-state index contributed by atoms with van der Waals surface area (Å²) < 4.78 is 0. The van der Waals surface area contributed by atoms with E-state index in [4.69, 9.17) is 0 Å². The Bertz CT molecular complexity index is 191. The maximum absolute atomic E-state index is 11.4. The predicted octanol–water partition coefficient (Wildman–Crippen LogP) is 2.11. The zero-order valence-electron chi connectivity index (χ0n) is 11.8. The lowest BCUT2D eigenvalue weighted by molar-refractivity contribution is 0.235. The van der Waals surface area contributed by atoms with Gasteiger partial charge in [-0.05, 0) is 25.8 Å². The van der Waals surface area contributed by atoms with Gasteiger partial charge in [0.15, 0.2) is 0 Å². The molecule has 2 amide bonds. The minimum Gasteiger partial charge on any atom is -0.338 e. The molecular weight excluding hydrogens is 214 g/mol. The number of rotatable bonds is 9. The minimum atomic E-state index is -0.0577. The van der Waals surface area contributed by atoms with Crippen LogP contribution >= 0.6 is 0 Å². The molecular formula is C13H29N3O. The molecule has 0 aliphatic rings. The Morgan fingerprint density at radius 3 is 2.24 bits per heavy atom. The van der Waals surface area contributed by atoms with E-state index < -0.39 is 0 Å². The molecule has 3 N–H and O–H groups in total. The van der Waals surface area contributed by atoms with E-state index in [1.807, 2.05) is 6.92 Å². The summed E-state index contributed by atoms with van der Waals surface area (Å²) in [4.78, 5) is 11.4. The highest BCUT2D eigenvalue weighted by atomic mass is 16.2. The van der Waals surface area contributed by atoms with Gasteiger partial charge in [0.05, 0.1) is 0 Å². The van der Waals surface area contributed by atoms with E-state index in [9.17, 15) is 4.79 Å². The fraction of sp³-hybridized carbons (Fsp3) is 0.923. The van der Waals surface area contributed by atoms with Crippen LogP contribution in [0.4, 0.5) is 4.79 Å². The number of nitrogens with one attached hydrogen (secondary N) is 3. The average Bonchev–Trinajstić information content (AvgIpc) is 2.30. The molecule has 0 saturated carbocycles. The van der Waals surface area contributed by atoms with E-state index in [1.54, 1.807) is 0 Å². The highest BCUT2D eigenvalue weighted by molar-refractivity contribution is 5.73. The van der Waals surface area contributed by atoms with Crippen LogP contribution in [0.25, 0.3) is 0 Å². The zero-order valence-corrected chi connectivity index (χ0v) is 11.8. The Morgan fingerprint density at radius 2 is 1.76 bits per heavy atom. The van der Waals surface area contributed by atoms with Gasteiger partial charge in [0, 0.05) is 19.1 Å². The lowest BCUT2D eigenvalue weighted by Gasteiger charge is -2.27. The Balaban J connectivity index is 4.12. The van der Waals surface area contributed by atoms with E-state index in [0.717, 1.165) is 19.5 Å². The fourth-order valence-electron chi connectivity index (χ4n) is 2.10. The third kappa shape index (κ3) is 7.21. The largest absolute Gasteiger partial charge is 0.338 e. The first-order valence-electron chi connectivity index (χ1n) is 6.94. The summed E-state index contributed by atoms with van der Waals surface area (Å²) >= 11 is 0. The molecule has 102 valence electrons. The van der Waals surface area contributed by atoms with Crippen LogP contribution in [0.1, 0.15) is 47.0 Å². The zero-order chi connectivity index (χ0) is 13.1. The topological polar surface area (TPSA) is 53.2 Å². The second kappa shape index (κ2) is 10.4. The second-order valence-corrected chi connectivity index (χ2v) is 4.36. The first kappa shape index (κ1) is 16.2. The number of urea groups is 1. The summed E-state index contributed by atoms with van der Waals surface area (Å²) in [5.74, 6) is 0.512. The van der Waals surface area contributed by atoms with E-state index in [0.29, 0.717) is 18.5 Å². The van der Waals surface area contributed by atoms with Crippen molar-refractivity contribution in [3.63, 3.8) is 0 Å². The number of hydrogen-bond donors (Lipinski definition) is 3. The quantitative estimate of drug-likeness (QED) is 0.581. The molecule has 0 aromatic rings. The summed E-state index contributed by atoms with van der Waals surface area (Å²) in [6.45, 7) is 10.9. The molecule has 2 atom stereocenters. The summed E-state index contributed by atoms with van der Waals surface area (Å²) in [5, 5.41) is 9.22. The predicted molar refractivity (Wildman–Crippen MR) is 73.2 cm³/mol. The first-order chi connectivity index (χ1) is 8.19. The van der Waals surface area contributed by atoms with Crippen molar-refractivity contribution < 1.29 is 4.79 Å². The van der Waals surface area contributed by atoms with Crippen LogP contribution in [0.5, 0.6) is 0 Å². The van der Waals surface area contributed by atoms with Gasteiger partial charge >= 0.3 is 6.03 Å². The number of amides is 2. The van der Waals surface area contributed by atoms with Crippen molar-refractivity contribution in [1.29, 1.82) is 0 Å². The van der Waals surface area contributed by atoms with E-state index >= 15 is 0 Å². The van der Waals surface area contributed by atoms with Gasteiger partial charge in [-0.15, -0.1) is 0 Å². The van der Waals surface area contributed by atoms with Crippen molar-refractivity contribution >= 4 is 6.03 Å². The molecule has 0 aromatic heterocycles. The van der Waals surface area contributed by atoms with Gasteiger partial charge in [0.2, 0.25) is 0 Å². The van der Waals surface area contributed by atoms with Gasteiger partial charge in [-0.1, -0.05) is 33.6 Å². The Kier molecular flexibility index (Phi) is 9.92. The number of carbonyl (C=O) groups is 1. The third-order valence-electron chi connectivity index (χ3n) is 3.02. The van der Waals surface area contributed by atoms with Crippen molar-refractivity contribution in [1.82, 2.24) is 16.0 Å². The summed E-state index contributed by atoms with van der Waals surface area (Å²) in [5.41, 5.74) is 0. The van der Waals surface area contributed by atoms with Crippen LogP contribution in [0.15, 0.2) is 0 Å². The molecule has 0 aliphatic carbocycles. The number of carbonyl (C=O) groups excluding carboxylic acids is 1. The van der Waals surface area contributed by atoms with Crippen molar-refractivity contribution in [2.45, 2.75) is 53.0 Å². The lowest BCUT2D eigenvalue weighted by Crippen LogP contribution is -2.44. The van der Waals surface area contributed by atoms with Crippen molar-refractivity contribution in [3.8, 4) is 0 Å². The highest BCUT2D eigenvalue weighted by Crippen LogP contribution is 2.12. The van der Waals surface area contributed by atoms with Crippen LogP contribution < -0.4 is 16.0 Å². The second-order valence-electron chi connectivity index (χ2n) is 4.36. The van der Waals surface area contributed by atoms with E-state index in [-0.39, 0.29) is 6.03 Å². The normalized spacial score (nSPS) is 14.1. The SMILES string of the molecule is CCCC(NCC)C(CC)CNC(=O)NCC. The molecule has 0 heterocycles. The van der Waals surface area contributed by atoms with Gasteiger partial charge in [0.1, 0.15) is 0 Å². The monoisotopic (exact) mass is 243 g/mol. The summed E-state index contributed by atoms with van der Waals surface area (Å²) in [6, 6.07) is 0.453. The van der Waals surface area contributed by atoms with Crippen LogP contribution in [0.3, 0.4) is 0 Å². The summed E-state index contributed by atoms with van der Waals surface area (Å²) in [7, 11) is 0. The Labute approximate surface area is 106 Å². The minimum absolute atomic E-state index is 0.0577. The molecule has 0 aromatic carbocycles. The van der Waals surface area contributed by atoms with Gasteiger partial charge < -0.3 is 16.0 Å². The van der Waals surface area contributed by atoms with Crippen molar-refractivity contribution in [3.05, 3.63) is 0 Å². The van der Waals surface area contributed by atoms with E-state index in [1.165, 1.54) is 12.8 Å². The number of hydrogen-bond acceptors (Lipinski definition) is 2. The first-order valence-corrected chi connectivity index (χ1v) is 6.94. The maximum atomic E-state index is 11.4. The Hall–Kier alpha value is -0.770. The van der Waals surface area contributed by atoms with Gasteiger partial charge in [0.25, 0.3) is 0 Å². The molecule has 4 heteroatoms. The third-order valence-corrected chi connectivity index (χ3v) is 3.02. The highest BCUT2D eigenvalue weighted by Gasteiger charge is 2.18. The van der Waals surface area contributed by atoms with E-state index in [2.05, 4.69) is 36.7 Å². The molecule has 0 radical (unpaired) electrons. The molecule has 0 spiro atoms. The van der Waals surface area contributed by atoms with Crippen LogP contribution in [-0.2, 0) is 0 Å². The molecule has 0 saturated heterocycles. The van der Waals surface area contributed by atoms with Crippen LogP contribution in [-0.4, -0.2) is 31.7 Å². The molecule has 0 bridgehead atoms. The van der Waals surface area contributed by atoms with Gasteiger partial charge in [-0.3, -0.25) is 0 Å². The standard InChI is InChI=1S/C13H29N3O/c1-5-9-12(14-7-3)11(6-2)10-16-13(17)15-8-4/h11-12,14H,5-10H2,1-4H3,(H2,15,16,17). The van der Waals surface area contributed by atoms with Crippen LogP contribution in [0, 0.1) is 5.92 Å². The molecule has 0 fully saturated rings. The molecule has 17 heavy (non-hydrogen) atoms. The van der Waals surface area contributed by atoms with Crippen molar-refractivity contribution in [2.75, 3.05) is 19.6 Å². The smallest absolute Gasteiger partial charge is 0.314 e. The van der Waals surface area contributed by atoms with Crippen molar-refractivity contribution in [2.24, 2.45) is 5.92 Å². The fourth-order valence-corrected chi connectivity index (χ4v) is 2.10. The molecule has 2 unspecified atom stereocenters. The average molecular weight is 243 g/mol. The molecule has 4 nitrogen and oxygen atoms in total. The molecule has 0 rings (SSSR count). The van der Waals surface area contributed by atoms with Crippen LogP contribution in [0.2, 0.25) is 0 Å². The van der Waals surface area contributed by atoms with Gasteiger partial charge in [-0.25, -0.2) is 4.79 Å². The summed E-state index contributed by atoms with van der Waals surface area (Å²) in [6.07, 6.45) is 3.43.